The molecule has 3 N–H and O–H groups in total. The fourth-order valence-electron chi connectivity index (χ4n) is 3.82. The van der Waals surface area contributed by atoms with E-state index in [0.29, 0.717) is 27.9 Å². The first-order valence-corrected chi connectivity index (χ1v) is 11.1. The zero-order valence-corrected chi connectivity index (χ0v) is 17.9. The Balaban J connectivity index is 1.73. The molecule has 164 valence electrons. The minimum Gasteiger partial charge on any atom is -0.382 e. The topological polar surface area (TPSA) is 117 Å². The number of fused-ring (bicyclic) bond motifs is 1. The van der Waals surface area contributed by atoms with E-state index in [1.54, 1.807) is 12.1 Å². The third kappa shape index (κ3) is 4.96. The molecule has 4 rings (SSSR count). The second-order valence-electron chi connectivity index (χ2n) is 7.57. The summed E-state index contributed by atoms with van der Waals surface area (Å²) in [7, 11) is -0.715. The Kier molecular flexibility index (Phi) is 6.37. The van der Waals surface area contributed by atoms with Gasteiger partial charge in [0, 0.05) is 44.3 Å². The molecule has 1 atom stereocenters. The van der Waals surface area contributed by atoms with Gasteiger partial charge >= 0.3 is 0 Å². The summed E-state index contributed by atoms with van der Waals surface area (Å²) >= 11 is 0. The predicted octanol–water partition coefficient (Wildman–Crippen LogP) is 0.818. The molecular formula is C20H24FN7O2S. The van der Waals surface area contributed by atoms with Crippen LogP contribution in [0.2, 0.25) is 0 Å². The number of piperazine rings is 1. The predicted molar refractivity (Wildman–Crippen MR) is 117 cm³/mol. The zero-order valence-electron chi connectivity index (χ0n) is 17.0. The summed E-state index contributed by atoms with van der Waals surface area (Å²) in [6.07, 6.45) is 1.37. The Hall–Kier alpha value is -2.73. The van der Waals surface area contributed by atoms with Crippen LogP contribution in [-0.2, 0) is 10.9 Å². The minimum atomic E-state index is -2.76. The van der Waals surface area contributed by atoms with E-state index in [2.05, 4.69) is 29.5 Å². The molecule has 1 aliphatic heterocycles. The molecule has 1 fully saturated rings. The van der Waals surface area contributed by atoms with E-state index in [-0.39, 0.29) is 18.4 Å². The number of pyridine rings is 1. The molecular weight excluding hydrogens is 421 g/mol. The van der Waals surface area contributed by atoms with Gasteiger partial charge in [-0.2, -0.15) is 0 Å². The smallest absolute Gasteiger partial charge is 0.201 e. The number of hydrogen-bond acceptors (Lipinski definition) is 8. The number of aromatic nitrogens is 3. The lowest BCUT2D eigenvalue weighted by molar-refractivity contribution is 0.113. The van der Waals surface area contributed by atoms with Crippen LogP contribution in [0.3, 0.4) is 0 Å². The monoisotopic (exact) mass is 445 g/mol. The Bertz CT molecular complexity index is 1160. The van der Waals surface area contributed by atoms with Gasteiger partial charge in [-0.25, -0.2) is 32.5 Å². The molecule has 2 aromatic heterocycles. The number of benzene rings is 1. The van der Waals surface area contributed by atoms with Crippen LogP contribution >= 0.6 is 0 Å². The summed E-state index contributed by atoms with van der Waals surface area (Å²) in [5.74, 6) is -0.167. The van der Waals surface area contributed by atoms with E-state index in [4.69, 9.17) is 5.73 Å². The highest BCUT2D eigenvalue weighted by molar-refractivity contribution is 7.70. The Morgan fingerprint density at radius 1 is 1.16 bits per heavy atom. The lowest BCUT2D eigenvalue weighted by Crippen LogP contribution is -2.48. The number of nitrogens with one attached hydrogen (secondary N) is 1. The third-order valence-corrected chi connectivity index (χ3v) is 5.94. The molecule has 1 aliphatic rings. The quantitative estimate of drug-likeness (QED) is 0.478. The Morgan fingerprint density at radius 3 is 2.68 bits per heavy atom. The SMILES string of the molecule is CN1CCN(C(CN[SH](=O)=O)c2cc(F)cc(-c3ccc4ncnc(N)c4n3)c2)CC1. The Labute approximate surface area is 181 Å². The van der Waals surface area contributed by atoms with Gasteiger partial charge in [0.1, 0.15) is 17.7 Å². The third-order valence-electron chi connectivity index (χ3n) is 5.50. The van der Waals surface area contributed by atoms with Crippen molar-refractivity contribution < 1.29 is 12.8 Å². The molecule has 31 heavy (non-hydrogen) atoms. The Morgan fingerprint density at radius 2 is 1.94 bits per heavy atom. The maximum atomic E-state index is 14.7. The lowest BCUT2D eigenvalue weighted by Gasteiger charge is -2.38. The lowest BCUT2D eigenvalue weighted by atomic mass is 9.99. The van der Waals surface area contributed by atoms with Gasteiger partial charge in [0.25, 0.3) is 0 Å². The molecule has 1 unspecified atom stereocenters. The number of nitrogen functional groups attached to an aromatic ring is 1. The van der Waals surface area contributed by atoms with E-state index in [0.717, 1.165) is 26.2 Å². The molecule has 3 heterocycles. The van der Waals surface area contributed by atoms with Crippen molar-refractivity contribution in [1.82, 2.24) is 29.5 Å². The highest BCUT2D eigenvalue weighted by atomic mass is 32.2. The first-order valence-electron chi connectivity index (χ1n) is 9.89. The molecule has 9 nitrogen and oxygen atoms in total. The van der Waals surface area contributed by atoms with Crippen LogP contribution < -0.4 is 10.5 Å². The minimum absolute atomic E-state index is 0.164. The van der Waals surface area contributed by atoms with E-state index < -0.39 is 16.7 Å². The molecule has 11 heteroatoms. The van der Waals surface area contributed by atoms with Gasteiger partial charge in [-0.15, -0.1) is 0 Å². The van der Waals surface area contributed by atoms with Gasteiger partial charge < -0.3 is 10.6 Å². The number of halogens is 1. The number of thiol groups is 1. The van der Waals surface area contributed by atoms with E-state index in [1.165, 1.54) is 18.5 Å². The molecule has 0 saturated carbocycles. The van der Waals surface area contributed by atoms with Crippen LogP contribution in [0.15, 0.2) is 36.7 Å². The summed E-state index contributed by atoms with van der Waals surface area (Å²) in [6.45, 7) is 3.39. The number of nitrogens with two attached hydrogens (primary N) is 1. The second-order valence-corrected chi connectivity index (χ2v) is 8.40. The van der Waals surface area contributed by atoms with Crippen molar-refractivity contribution in [2.45, 2.75) is 6.04 Å². The molecule has 0 amide bonds. The maximum Gasteiger partial charge on any atom is 0.201 e. The summed E-state index contributed by atoms with van der Waals surface area (Å²) in [4.78, 5) is 17.0. The number of rotatable bonds is 6. The van der Waals surface area contributed by atoms with Gasteiger partial charge in [0.15, 0.2) is 5.82 Å². The first-order chi connectivity index (χ1) is 14.9. The molecule has 1 saturated heterocycles. The fourth-order valence-corrected chi connectivity index (χ4v) is 4.15. The summed E-state index contributed by atoms with van der Waals surface area (Å²) in [5, 5.41) is 0. The normalized spacial score (nSPS) is 16.7. The molecule has 0 spiro atoms. The van der Waals surface area contributed by atoms with Gasteiger partial charge in [-0.3, -0.25) is 4.90 Å². The summed E-state index contributed by atoms with van der Waals surface area (Å²) in [5.41, 5.74) is 8.77. The van der Waals surface area contributed by atoms with Crippen molar-refractivity contribution in [3.8, 4) is 11.3 Å². The number of likely N-dealkylation sites (N-methyl/N-ethyl adjacent to an activating group) is 1. The van der Waals surface area contributed by atoms with Crippen LogP contribution in [0.1, 0.15) is 11.6 Å². The van der Waals surface area contributed by atoms with Crippen LogP contribution in [0, 0.1) is 5.82 Å². The van der Waals surface area contributed by atoms with Crippen molar-refractivity contribution in [2.24, 2.45) is 0 Å². The van der Waals surface area contributed by atoms with E-state index in [1.807, 2.05) is 13.1 Å². The van der Waals surface area contributed by atoms with Crippen molar-refractivity contribution in [3.05, 3.63) is 48.0 Å². The van der Waals surface area contributed by atoms with Crippen molar-refractivity contribution in [3.63, 3.8) is 0 Å². The van der Waals surface area contributed by atoms with E-state index in [9.17, 15) is 12.8 Å². The van der Waals surface area contributed by atoms with Gasteiger partial charge in [0.2, 0.25) is 10.9 Å². The van der Waals surface area contributed by atoms with E-state index >= 15 is 0 Å². The van der Waals surface area contributed by atoms with Crippen LogP contribution in [0.4, 0.5) is 10.2 Å². The number of anilines is 1. The van der Waals surface area contributed by atoms with Gasteiger partial charge in [-0.05, 0) is 42.9 Å². The first kappa shape index (κ1) is 21.5. The summed E-state index contributed by atoms with van der Waals surface area (Å²) in [6, 6.07) is 7.92. The maximum absolute atomic E-state index is 14.7. The fraction of sp³-hybridized carbons (Fsp3) is 0.350. The molecule has 0 radical (unpaired) electrons. The molecule has 0 aliphatic carbocycles. The number of nitrogens with zero attached hydrogens (tertiary/aromatic N) is 5. The average Bonchev–Trinajstić information content (AvgIpc) is 2.75. The van der Waals surface area contributed by atoms with Crippen LogP contribution in [0.25, 0.3) is 22.3 Å². The standard InChI is InChI=1S/C20H24FN7O2S/c1-27-4-6-28(7-5-27)18(11-25-31(29)30)14-8-13(9-15(21)10-14)16-2-3-17-19(26-16)20(22)24-12-23-17/h2-3,8-10,12,18,31H,4-7,11H2,1H3,(H2,22,23,24)(H,25,29,30). The molecule has 1 aromatic carbocycles. The average molecular weight is 446 g/mol. The largest absolute Gasteiger partial charge is 0.382 e. The molecule has 0 bridgehead atoms. The van der Waals surface area contributed by atoms with Crippen molar-refractivity contribution in [2.75, 3.05) is 45.5 Å². The zero-order chi connectivity index (χ0) is 22.0. The van der Waals surface area contributed by atoms with Crippen molar-refractivity contribution in [1.29, 1.82) is 0 Å². The van der Waals surface area contributed by atoms with Crippen LogP contribution in [-0.4, -0.2) is 72.9 Å². The molecule has 3 aromatic rings. The second kappa shape index (κ2) is 9.18. The van der Waals surface area contributed by atoms with Crippen molar-refractivity contribution >= 4 is 27.7 Å². The summed E-state index contributed by atoms with van der Waals surface area (Å²) < 4.78 is 39.5. The highest BCUT2D eigenvalue weighted by Gasteiger charge is 2.25. The van der Waals surface area contributed by atoms with Gasteiger partial charge in [0.05, 0.1) is 11.2 Å². The van der Waals surface area contributed by atoms with Crippen LogP contribution in [0.5, 0.6) is 0 Å². The van der Waals surface area contributed by atoms with Gasteiger partial charge in [-0.1, -0.05) is 0 Å². The highest BCUT2D eigenvalue weighted by Crippen LogP contribution is 2.29. The number of hydrogen-bond donors (Lipinski definition) is 3.